The maximum atomic E-state index is 12.1. The van der Waals surface area contributed by atoms with Crippen molar-refractivity contribution in [2.24, 2.45) is 11.8 Å². The smallest absolute Gasteiger partial charge is 0.305 e. The lowest BCUT2D eigenvalue weighted by atomic mass is 9.88. The highest BCUT2D eigenvalue weighted by Crippen LogP contribution is 2.25. The highest BCUT2D eigenvalue weighted by molar-refractivity contribution is 5.76. The monoisotopic (exact) mass is 324 g/mol. The van der Waals surface area contributed by atoms with Gasteiger partial charge in [-0.3, -0.25) is 9.59 Å². The molecule has 5 nitrogen and oxygen atoms in total. The molecular formula is C18H32N2O3. The number of carbonyl (C=O) groups is 2. The first-order valence-corrected chi connectivity index (χ1v) is 9.20. The van der Waals surface area contributed by atoms with Crippen molar-refractivity contribution in [3.8, 4) is 0 Å². The van der Waals surface area contributed by atoms with Crippen LogP contribution in [0.3, 0.4) is 0 Å². The number of nitrogens with zero attached hydrogens (tertiary/aromatic N) is 1. The number of amides is 1. The Kier molecular flexibility index (Phi) is 7.34. The molecule has 132 valence electrons. The van der Waals surface area contributed by atoms with Crippen LogP contribution >= 0.6 is 0 Å². The molecule has 2 unspecified atom stereocenters. The zero-order chi connectivity index (χ0) is 16.7. The summed E-state index contributed by atoms with van der Waals surface area (Å²) in [6, 6.07) is 0.302. The number of ether oxygens (including phenoxy) is 1. The van der Waals surface area contributed by atoms with Gasteiger partial charge in [0.15, 0.2) is 0 Å². The summed E-state index contributed by atoms with van der Waals surface area (Å²) < 4.78 is 4.80. The van der Waals surface area contributed by atoms with E-state index in [1.54, 1.807) is 0 Å². The third-order valence-corrected chi connectivity index (χ3v) is 5.30. The van der Waals surface area contributed by atoms with Crippen LogP contribution in [0, 0.1) is 11.8 Å². The minimum absolute atomic E-state index is 0.174. The van der Waals surface area contributed by atoms with Crippen LogP contribution in [0.5, 0.6) is 0 Å². The van der Waals surface area contributed by atoms with Crippen LogP contribution < -0.4 is 5.32 Å². The van der Waals surface area contributed by atoms with Crippen LogP contribution in [-0.4, -0.2) is 49.6 Å². The number of carbonyl (C=O) groups excluding carboxylic acids is 2. The quantitative estimate of drug-likeness (QED) is 0.762. The zero-order valence-corrected chi connectivity index (χ0v) is 14.7. The Labute approximate surface area is 140 Å². The average molecular weight is 324 g/mol. The molecule has 1 heterocycles. The van der Waals surface area contributed by atoms with Gasteiger partial charge in [0.2, 0.25) is 5.91 Å². The highest BCUT2D eigenvalue weighted by Gasteiger charge is 2.31. The molecular weight excluding hydrogens is 292 g/mol. The molecule has 2 rings (SSSR count). The van der Waals surface area contributed by atoms with E-state index >= 15 is 0 Å². The largest absolute Gasteiger partial charge is 0.469 e. The third-order valence-electron chi connectivity index (χ3n) is 5.30. The van der Waals surface area contributed by atoms with Gasteiger partial charge in [-0.05, 0) is 37.6 Å². The van der Waals surface area contributed by atoms with E-state index in [0.29, 0.717) is 25.4 Å². The van der Waals surface area contributed by atoms with Crippen LogP contribution in [0.15, 0.2) is 0 Å². The van der Waals surface area contributed by atoms with Gasteiger partial charge >= 0.3 is 5.97 Å². The summed E-state index contributed by atoms with van der Waals surface area (Å²) in [4.78, 5) is 25.6. The van der Waals surface area contributed by atoms with Crippen molar-refractivity contribution in [1.29, 1.82) is 0 Å². The Balaban J connectivity index is 1.87. The van der Waals surface area contributed by atoms with Gasteiger partial charge < -0.3 is 15.0 Å². The van der Waals surface area contributed by atoms with Crippen LogP contribution in [0.2, 0.25) is 0 Å². The summed E-state index contributed by atoms with van der Waals surface area (Å²) in [5.41, 5.74) is 0. The molecule has 23 heavy (non-hydrogen) atoms. The molecule has 0 bridgehead atoms. The van der Waals surface area contributed by atoms with Gasteiger partial charge in [0, 0.05) is 25.6 Å². The second-order valence-electron chi connectivity index (χ2n) is 7.14. The summed E-state index contributed by atoms with van der Waals surface area (Å²) in [7, 11) is 1.43. The first-order chi connectivity index (χ1) is 11.1. The van der Waals surface area contributed by atoms with E-state index in [0.717, 1.165) is 25.4 Å². The van der Waals surface area contributed by atoms with Gasteiger partial charge in [0.05, 0.1) is 13.5 Å². The van der Waals surface area contributed by atoms with Crippen LogP contribution in [0.1, 0.15) is 58.3 Å². The first kappa shape index (κ1) is 18.2. The van der Waals surface area contributed by atoms with Crippen molar-refractivity contribution in [3.05, 3.63) is 0 Å². The van der Waals surface area contributed by atoms with E-state index in [1.807, 2.05) is 11.8 Å². The molecule has 1 N–H and O–H groups in total. The SMILES string of the molecule is CCC(=O)N1CC(CC(=O)OC)CC(NCC2CCCCC2)C1. The Morgan fingerprint density at radius 3 is 2.52 bits per heavy atom. The van der Waals surface area contributed by atoms with Gasteiger partial charge in [-0.2, -0.15) is 0 Å². The summed E-state index contributed by atoms with van der Waals surface area (Å²) in [5, 5.41) is 3.68. The molecule has 0 aromatic carbocycles. The van der Waals surface area contributed by atoms with Gasteiger partial charge in [0.25, 0.3) is 0 Å². The molecule has 1 saturated heterocycles. The predicted octanol–water partition coefficient (Wildman–Crippen LogP) is 2.35. The number of likely N-dealkylation sites (tertiary alicyclic amines) is 1. The number of hydrogen-bond donors (Lipinski definition) is 1. The van der Waals surface area contributed by atoms with Crippen LogP contribution in [-0.2, 0) is 14.3 Å². The van der Waals surface area contributed by atoms with E-state index in [9.17, 15) is 9.59 Å². The van der Waals surface area contributed by atoms with Crippen LogP contribution in [0.25, 0.3) is 0 Å². The molecule has 0 aromatic heterocycles. The van der Waals surface area contributed by atoms with Crippen molar-refractivity contribution in [1.82, 2.24) is 10.2 Å². The number of hydrogen-bond acceptors (Lipinski definition) is 4. The maximum Gasteiger partial charge on any atom is 0.305 e. The van der Waals surface area contributed by atoms with E-state index < -0.39 is 0 Å². The Morgan fingerprint density at radius 2 is 1.87 bits per heavy atom. The van der Waals surface area contributed by atoms with Crippen molar-refractivity contribution in [2.75, 3.05) is 26.7 Å². The fourth-order valence-corrected chi connectivity index (χ4v) is 3.97. The molecule has 5 heteroatoms. The lowest BCUT2D eigenvalue weighted by molar-refractivity contribution is -0.143. The minimum Gasteiger partial charge on any atom is -0.469 e. The zero-order valence-electron chi connectivity index (χ0n) is 14.7. The van der Waals surface area contributed by atoms with Gasteiger partial charge in [-0.15, -0.1) is 0 Å². The summed E-state index contributed by atoms with van der Waals surface area (Å²) in [6.45, 7) is 4.40. The number of piperidine rings is 1. The molecule has 0 aromatic rings. The van der Waals surface area contributed by atoms with Crippen molar-refractivity contribution in [2.45, 2.75) is 64.3 Å². The van der Waals surface area contributed by atoms with E-state index in [4.69, 9.17) is 4.74 Å². The lowest BCUT2D eigenvalue weighted by Gasteiger charge is -2.38. The van der Waals surface area contributed by atoms with E-state index in [1.165, 1.54) is 39.2 Å². The molecule has 1 aliphatic heterocycles. The topological polar surface area (TPSA) is 58.6 Å². The molecule has 2 aliphatic rings. The fourth-order valence-electron chi connectivity index (χ4n) is 3.97. The molecule has 0 spiro atoms. The Morgan fingerprint density at radius 1 is 1.13 bits per heavy atom. The normalized spacial score (nSPS) is 26.1. The van der Waals surface area contributed by atoms with Crippen molar-refractivity contribution in [3.63, 3.8) is 0 Å². The summed E-state index contributed by atoms with van der Waals surface area (Å²) in [6.07, 6.45) is 8.61. The molecule has 1 aliphatic carbocycles. The molecule has 1 saturated carbocycles. The fraction of sp³-hybridized carbons (Fsp3) is 0.889. The molecule has 2 atom stereocenters. The Hall–Kier alpha value is -1.10. The number of methoxy groups -OCH3 is 1. The minimum atomic E-state index is -0.174. The Bertz CT molecular complexity index is 394. The van der Waals surface area contributed by atoms with Crippen molar-refractivity contribution >= 4 is 11.9 Å². The summed E-state index contributed by atoms with van der Waals surface area (Å²) in [5.74, 6) is 0.992. The number of esters is 1. The van der Waals surface area contributed by atoms with E-state index in [-0.39, 0.29) is 17.8 Å². The first-order valence-electron chi connectivity index (χ1n) is 9.20. The third kappa shape index (κ3) is 5.79. The van der Waals surface area contributed by atoms with Crippen molar-refractivity contribution < 1.29 is 14.3 Å². The van der Waals surface area contributed by atoms with Gasteiger partial charge in [-0.25, -0.2) is 0 Å². The number of rotatable bonds is 6. The van der Waals surface area contributed by atoms with Gasteiger partial charge in [-0.1, -0.05) is 26.2 Å². The summed E-state index contributed by atoms with van der Waals surface area (Å²) >= 11 is 0. The maximum absolute atomic E-state index is 12.1. The molecule has 2 fully saturated rings. The highest BCUT2D eigenvalue weighted by atomic mass is 16.5. The number of nitrogens with one attached hydrogen (secondary N) is 1. The molecule has 1 amide bonds. The lowest BCUT2D eigenvalue weighted by Crippen LogP contribution is -2.52. The standard InChI is InChI=1S/C18H32N2O3/c1-3-17(21)20-12-15(10-18(22)23-2)9-16(13-20)19-11-14-7-5-4-6-8-14/h14-16,19H,3-13H2,1-2H3. The second kappa shape index (κ2) is 9.26. The van der Waals surface area contributed by atoms with Crippen LogP contribution in [0.4, 0.5) is 0 Å². The van der Waals surface area contributed by atoms with E-state index in [2.05, 4.69) is 5.32 Å². The predicted molar refractivity (Wildman–Crippen MR) is 90.0 cm³/mol. The average Bonchev–Trinajstić information content (AvgIpc) is 2.59. The second-order valence-corrected chi connectivity index (χ2v) is 7.14. The molecule has 0 radical (unpaired) electrons. The van der Waals surface area contributed by atoms with Gasteiger partial charge in [0.1, 0.15) is 0 Å².